The third kappa shape index (κ3) is 3.23. The van der Waals surface area contributed by atoms with E-state index >= 15 is 0 Å². The quantitative estimate of drug-likeness (QED) is 0.833. The monoisotopic (exact) mass is 272 g/mol. The molecule has 3 heteroatoms. The molecule has 0 spiro atoms. The predicted molar refractivity (Wildman–Crippen MR) is 84.2 cm³/mol. The van der Waals surface area contributed by atoms with Crippen LogP contribution < -0.4 is 5.73 Å². The second-order valence-corrected chi connectivity index (χ2v) is 7.90. The second-order valence-electron chi connectivity index (χ2n) is 6.99. The molecule has 3 unspecified atom stereocenters. The van der Waals surface area contributed by atoms with Crippen molar-refractivity contribution in [1.29, 1.82) is 0 Å². The maximum Gasteiger partial charge on any atom is 0.0357 e. The predicted octanol–water partition coefficient (Wildman–Crippen LogP) is 3.21. The van der Waals surface area contributed by atoms with Gasteiger partial charge in [0.15, 0.2) is 0 Å². The lowest BCUT2D eigenvalue weighted by atomic mass is 9.63. The average molecular weight is 273 g/mol. The molecule has 0 aliphatic heterocycles. The molecule has 18 heavy (non-hydrogen) atoms. The standard InChI is InChI=1S/C15H32N2S/c1-12-9-14(3,4)7-8-15(12,11-16)17(5)13(2)10-18-6/h12-13H,7-11,16H2,1-6H3. The Labute approximate surface area is 118 Å². The summed E-state index contributed by atoms with van der Waals surface area (Å²) in [6, 6.07) is 0.604. The Bertz CT molecular complexity index is 267. The summed E-state index contributed by atoms with van der Waals surface area (Å²) in [5.74, 6) is 1.87. The molecule has 0 amide bonds. The molecule has 0 saturated heterocycles. The van der Waals surface area contributed by atoms with E-state index in [1.54, 1.807) is 0 Å². The van der Waals surface area contributed by atoms with Crippen LogP contribution in [0.25, 0.3) is 0 Å². The molecule has 0 heterocycles. The molecule has 1 rings (SSSR count). The average Bonchev–Trinajstić information content (AvgIpc) is 2.28. The van der Waals surface area contributed by atoms with Gasteiger partial charge in [0, 0.05) is 23.9 Å². The highest BCUT2D eigenvalue weighted by Crippen LogP contribution is 2.46. The summed E-state index contributed by atoms with van der Waals surface area (Å²) in [5.41, 5.74) is 6.90. The number of likely N-dealkylation sites (N-methyl/N-ethyl adjacent to an activating group) is 1. The first-order valence-corrected chi connectivity index (χ1v) is 8.60. The van der Waals surface area contributed by atoms with Crippen molar-refractivity contribution in [3.8, 4) is 0 Å². The summed E-state index contributed by atoms with van der Waals surface area (Å²) < 4.78 is 0. The van der Waals surface area contributed by atoms with Crippen LogP contribution in [0.3, 0.4) is 0 Å². The van der Waals surface area contributed by atoms with Gasteiger partial charge < -0.3 is 5.73 Å². The Hall–Kier alpha value is 0.270. The zero-order valence-corrected chi connectivity index (χ0v) is 13.9. The topological polar surface area (TPSA) is 29.3 Å². The maximum atomic E-state index is 6.20. The van der Waals surface area contributed by atoms with Crippen LogP contribution in [-0.4, -0.2) is 42.1 Å². The molecule has 2 N–H and O–H groups in total. The van der Waals surface area contributed by atoms with Crippen LogP contribution in [0, 0.1) is 11.3 Å². The lowest BCUT2D eigenvalue weighted by Crippen LogP contribution is -2.62. The molecular weight excluding hydrogens is 240 g/mol. The number of nitrogens with two attached hydrogens (primary N) is 1. The number of thioether (sulfide) groups is 1. The lowest BCUT2D eigenvalue weighted by molar-refractivity contribution is -0.0220. The van der Waals surface area contributed by atoms with Gasteiger partial charge >= 0.3 is 0 Å². The fraction of sp³-hybridized carbons (Fsp3) is 1.00. The molecule has 0 aromatic rings. The van der Waals surface area contributed by atoms with Gasteiger partial charge in [0.2, 0.25) is 0 Å². The van der Waals surface area contributed by atoms with Crippen molar-refractivity contribution in [3.05, 3.63) is 0 Å². The van der Waals surface area contributed by atoms with Gasteiger partial charge in [-0.2, -0.15) is 11.8 Å². The molecule has 1 aliphatic carbocycles. The third-order valence-corrected chi connectivity index (χ3v) is 5.95. The molecule has 2 nitrogen and oxygen atoms in total. The highest BCUT2D eigenvalue weighted by Gasteiger charge is 2.46. The van der Waals surface area contributed by atoms with Gasteiger partial charge in [0.1, 0.15) is 0 Å². The largest absolute Gasteiger partial charge is 0.329 e. The van der Waals surface area contributed by atoms with E-state index in [0.717, 1.165) is 6.54 Å². The fourth-order valence-electron chi connectivity index (χ4n) is 3.69. The minimum Gasteiger partial charge on any atom is -0.329 e. The van der Waals surface area contributed by atoms with Gasteiger partial charge in [0.25, 0.3) is 0 Å². The van der Waals surface area contributed by atoms with Gasteiger partial charge in [-0.05, 0) is 50.8 Å². The van der Waals surface area contributed by atoms with E-state index < -0.39 is 0 Å². The highest BCUT2D eigenvalue weighted by atomic mass is 32.2. The van der Waals surface area contributed by atoms with Gasteiger partial charge in [-0.25, -0.2) is 0 Å². The Morgan fingerprint density at radius 2 is 2.00 bits per heavy atom. The first kappa shape index (κ1) is 16.3. The summed E-state index contributed by atoms with van der Waals surface area (Å²) in [6.07, 6.45) is 6.02. The van der Waals surface area contributed by atoms with Crippen LogP contribution in [0.4, 0.5) is 0 Å². The van der Waals surface area contributed by atoms with Crippen LogP contribution in [-0.2, 0) is 0 Å². The van der Waals surface area contributed by atoms with Gasteiger partial charge in [-0.1, -0.05) is 20.8 Å². The van der Waals surface area contributed by atoms with Crippen molar-refractivity contribution in [2.45, 2.75) is 58.5 Å². The molecule has 0 aromatic heterocycles. The Morgan fingerprint density at radius 3 is 2.44 bits per heavy atom. The van der Waals surface area contributed by atoms with Gasteiger partial charge in [0.05, 0.1) is 0 Å². The zero-order chi connectivity index (χ0) is 14.0. The number of hydrogen-bond acceptors (Lipinski definition) is 3. The van der Waals surface area contributed by atoms with Gasteiger partial charge in [-0.15, -0.1) is 0 Å². The van der Waals surface area contributed by atoms with Crippen molar-refractivity contribution >= 4 is 11.8 Å². The molecule has 1 fully saturated rings. The summed E-state index contributed by atoms with van der Waals surface area (Å²) in [7, 11) is 2.28. The number of rotatable bonds is 5. The van der Waals surface area contributed by atoms with Crippen LogP contribution >= 0.6 is 11.8 Å². The highest BCUT2D eigenvalue weighted by molar-refractivity contribution is 7.98. The molecule has 0 bridgehead atoms. The molecule has 1 aliphatic rings. The molecular formula is C15H32N2S. The van der Waals surface area contributed by atoms with Crippen molar-refractivity contribution < 1.29 is 0 Å². The SMILES string of the molecule is CSCC(C)N(C)C1(CN)CCC(C)(C)CC1C. The summed E-state index contributed by atoms with van der Waals surface area (Å²) >= 11 is 1.93. The van der Waals surface area contributed by atoms with Gasteiger partial charge in [-0.3, -0.25) is 4.90 Å². The summed E-state index contributed by atoms with van der Waals surface area (Å²) in [4.78, 5) is 2.57. The molecule has 0 radical (unpaired) electrons. The molecule has 3 atom stereocenters. The van der Waals surface area contributed by atoms with E-state index in [2.05, 4.69) is 45.9 Å². The number of nitrogens with zero attached hydrogens (tertiary/aromatic N) is 1. The minimum absolute atomic E-state index is 0.213. The second kappa shape index (κ2) is 6.15. The van der Waals surface area contributed by atoms with Crippen molar-refractivity contribution in [2.75, 3.05) is 25.6 Å². The van der Waals surface area contributed by atoms with Crippen LogP contribution in [0.5, 0.6) is 0 Å². The first-order valence-electron chi connectivity index (χ1n) is 7.21. The van der Waals surface area contributed by atoms with E-state index in [9.17, 15) is 0 Å². The fourth-order valence-corrected chi connectivity index (χ4v) is 4.39. The van der Waals surface area contributed by atoms with Crippen molar-refractivity contribution in [3.63, 3.8) is 0 Å². The van der Waals surface area contributed by atoms with E-state index in [4.69, 9.17) is 5.73 Å². The van der Waals surface area contributed by atoms with E-state index in [-0.39, 0.29) is 5.54 Å². The van der Waals surface area contributed by atoms with E-state index in [0.29, 0.717) is 17.4 Å². The van der Waals surface area contributed by atoms with E-state index in [1.165, 1.54) is 25.0 Å². The zero-order valence-electron chi connectivity index (χ0n) is 13.1. The smallest absolute Gasteiger partial charge is 0.0357 e. The number of hydrogen-bond donors (Lipinski definition) is 1. The Kier molecular flexibility index (Phi) is 5.58. The Balaban J connectivity index is 2.85. The summed E-state index contributed by atoms with van der Waals surface area (Å²) in [5, 5.41) is 0. The minimum atomic E-state index is 0.213. The van der Waals surface area contributed by atoms with Crippen molar-refractivity contribution in [2.24, 2.45) is 17.1 Å². The third-order valence-electron chi connectivity index (χ3n) is 5.14. The lowest BCUT2D eigenvalue weighted by Gasteiger charge is -2.54. The van der Waals surface area contributed by atoms with Crippen LogP contribution in [0.2, 0.25) is 0 Å². The van der Waals surface area contributed by atoms with Crippen LogP contribution in [0.15, 0.2) is 0 Å². The van der Waals surface area contributed by atoms with E-state index in [1.807, 2.05) is 11.8 Å². The normalized spacial score (nSPS) is 33.7. The molecule has 0 aromatic carbocycles. The van der Waals surface area contributed by atoms with Crippen molar-refractivity contribution in [1.82, 2.24) is 4.90 Å². The maximum absolute atomic E-state index is 6.20. The summed E-state index contributed by atoms with van der Waals surface area (Å²) in [6.45, 7) is 10.3. The molecule has 1 saturated carbocycles. The van der Waals surface area contributed by atoms with Crippen LogP contribution in [0.1, 0.15) is 47.0 Å². The Morgan fingerprint density at radius 1 is 1.39 bits per heavy atom. The molecule has 108 valence electrons. The first-order chi connectivity index (χ1) is 8.29.